The second-order valence-corrected chi connectivity index (χ2v) is 2.26. The largest absolute Gasteiger partial charge is 0.0830 e. The van der Waals surface area contributed by atoms with Crippen molar-refractivity contribution in [3.63, 3.8) is 0 Å². The molecule has 0 aromatic heterocycles. The van der Waals surface area contributed by atoms with Crippen LogP contribution in [0.5, 0.6) is 0 Å². The summed E-state index contributed by atoms with van der Waals surface area (Å²) in [7, 11) is 0. The molecule has 1 radical (unpaired) electrons. The summed E-state index contributed by atoms with van der Waals surface area (Å²) < 4.78 is 0. The molecular weight excluding hydrogens is 84.1 g/mol. The first-order chi connectivity index (χ1) is 3.13. The highest BCUT2D eigenvalue weighted by Crippen LogP contribution is 1.97. The first-order valence-corrected chi connectivity index (χ1v) is 2.63. The van der Waals surface area contributed by atoms with E-state index < -0.39 is 0 Å². The van der Waals surface area contributed by atoms with Crippen LogP contribution in [0.15, 0.2) is 11.6 Å². The summed E-state index contributed by atoms with van der Waals surface area (Å²) >= 11 is 0. The molecule has 0 fully saturated rings. The van der Waals surface area contributed by atoms with Crippen molar-refractivity contribution in [3.8, 4) is 0 Å². The zero-order valence-electron chi connectivity index (χ0n) is 5.36. The maximum Gasteiger partial charge on any atom is -0.0286 e. The summed E-state index contributed by atoms with van der Waals surface area (Å²) in [5, 5.41) is 0. The van der Waals surface area contributed by atoms with E-state index in [0.29, 0.717) is 5.92 Å². The zero-order chi connectivity index (χ0) is 5.86. The molecule has 0 aromatic carbocycles. The lowest BCUT2D eigenvalue weighted by Crippen LogP contribution is -1.78. The van der Waals surface area contributed by atoms with Gasteiger partial charge in [-0.3, -0.25) is 0 Å². The Kier molecular flexibility index (Phi) is 2.73. The summed E-state index contributed by atoms with van der Waals surface area (Å²) in [6, 6.07) is 0. The van der Waals surface area contributed by atoms with Gasteiger partial charge in [-0.2, -0.15) is 0 Å². The van der Waals surface area contributed by atoms with E-state index in [4.69, 9.17) is 0 Å². The smallest absolute Gasteiger partial charge is 0.0286 e. The molecule has 0 N–H and O–H groups in total. The van der Waals surface area contributed by atoms with Crippen molar-refractivity contribution < 1.29 is 0 Å². The van der Waals surface area contributed by atoms with E-state index >= 15 is 0 Å². The Morgan fingerprint density at radius 1 is 1.57 bits per heavy atom. The van der Waals surface area contributed by atoms with Gasteiger partial charge < -0.3 is 0 Å². The summed E-state index contributed by atoms with van der Waals surface area (Å²) in [6.07, 6.45) is 2.14. The van der Waals surface area contributed by atoms with Gasteiger partial charge in [0.2, 0.25) is 0 Å². The van der Waals surface area contributed by atoms with Gasteiger partial charge in [-0.15, -0.1) is 0 Å². The van der Waals surface area contributed by atoms with Crippen molar-refractivity contribution in [3.05, 3.63) is 18.6 Å². The summed E-state index contributed by atoms with van der Waals surface area (Å²) in [6.45, 7) is 10.0. The summed E-state index contributed by atoms with van der Waals surface area (Å²) in [5.74, 6) is 0.650. The molecule has 0 saturated carbocycles. The molecule has 0 nitrogen and oxygen atoms in total. The highest BCUT2D eigenvalue weighted by molar-refractivity contribution is 5.01. The number of hydrogen-bond acceptors (Lipinski definition) is 0. The van der Waals surface area contributed by atoms with Gasteiger partial charge in [-0.25, -0.2) is 0 Å². The molecule has 0 aliphatic heterocycles. The van der Waals surface area contributed by atoms with Crippen LogP contribution in [0.4, 0.5) is 0 Å². The van der Waals surface area contributed by atoms with E-state index in [1.165, 1.54) is 0 Å². The third kappa shape index (κ3) is 5.74. The second kappa shape index (κ2) is 2.84. The van der Waals surface area contributed by atoms with Crippen LogP contribution >= 0.6 is 0 Å². The average molecular weight is 97.2 g/mol. The maximum absolute atomic E-state index is 3.74. The SMILES string of the molecule is [CH2]/C(C)=C/C(C)C. The van der Waals surface area contributed by atoms with Crippen molar-refractivity contribution >= 4 is 0 Å². The second-order valence-electron chi connectivity index (χ2n) is 2.26. The minimum atomic E-state index is 0.650. The van der Waals surface area contributed by atoms with Crippen LogP contribution in [-0.4, -0.2) is 0 Å². The Hall–Kier alpha value is -0.260. The fraction of sp³-hybridized carbons (Fsp3) is 0.571. The third-order valence-corrected chi connectivity index (χ3v) is 0.618. The molecular formula is C7H13. The van der Waals surface area contributed by atoms with Gasteiger partial charge in [0.25, 0.3) is 0 Å². The van der Waals surface area contributed by atoms with Gasteiger partial charge in [0, 0.05) is 0 Å². The van der Waals surface area contributed by atoms with Crippen LogP contribution in [0.1, 0.15) is 20.8 Å². The van der Waals surface area contributed by atoms with Gasteiger partial charge in [0.1, 0.15) is 0 Å². The van der Waals surface area contributed by atoms with E-state index in [1.54, 1.807) is 0 Å². The Balaban J connectivity index is 3.45. The number of rotatable bonds is 1. The normalized spacial score (nSPS) is 13.0. The minimum Gasteiger partial charge on any atom is -0.0830 e. The molecule has 0 amide bonds. The maximum atomic E-state index is 3.74. The van der Waals surface area contributed by atoms with Crippen molar-refractivity contribution in [2.24, 2.45) is 5.92 Å². The first kappa shape index (κ1) is 6.74. The molecule has 0 unspecified atom stereocenters. The molecule has 0 atom stereocenters. The molecule has 0 rings (SSSR count). The summed E-state index contributed by atoms with van der Waals surface area (Å²) in [4.78, 5) is 0. The molecule has 41 valence electrons. The average Bonchev–Trinajstić information content (AvgIpc) is 1.27. The van der Waals surface area contributed by atoms with E-state index in [1.807, 2.05) is 6.92 Å². The quantitative estimate of drug-likeness (QED) is 0.471. The fourth-order valence-electron chi connectivity index (χ4n) is 0.569. The lowest BCUT2D eigenvalue weighted by atomic mass is 10.1. The highest BCUT2D eigenvalue weighted by atomic mass is 13.9. The van der Waals surface area contributed by atoms with Crippen LogP contribution in [0, 0.1) is 12.8 Å². The van der Waals surface area contributed by atoms with Crippen LogP contribution in [0.2, 0.25) is 0 Å². The predicted molar refractivity (Wildman–Crippen MR) is 34.0 cm³/mol. The predicted octanol–water partition coefficient (Wildman–Crippen LogP) is 2.42. The molecule has 0 aromatic rings. The van der Waals surface area contributed by atoms with Crippen molar-refractivity contribution in [2.75, 3.05) is 0 Å². The fourth-order valence-corrected chi connectivity index (χ4v) is 0.569. The van der Waals surface area contributed by atoms with Crippen LogP contribution in [-0.2, 0) is 0 Å². The van der Waals surface area contributed by atoms with Crippen molar-refractivity contribution in [1.29, 1.82) is 0 Å². The molecule has 0 aliphatic rings. The van der Waals surface area contributed by atoms with E-state index in [2.05, 4.69) is 26.8 Å². The Labute approximate surface area is 46.2 Å². The molecule has 0 heterocycles. The van der Waals surface area contributed by atoms with Gasteiger partial charge in [-0.1, -0.05) is 25.5 Å². The lowest BCUT2D eigenvalue weighted by Gasteiger charge is -1.92. The van der Waals surface area contributed by atoms with Crippen molar-refractivity contribution in [1.82, 2.24) is 0 Å². The molecule has 0 aliphatic carbocycles. The van der Waals surface area contributed by atoms with Gasteiger partial charge in [0.05, 0.1) is 0 Å². The van der Waals surface area contributed by atoms with Crippen LogP contribution < -0.4 is 0 Å². The third-order valence-electron chi connectivity index (χ3n) is 0.618. The summed E-state index contributed by atoms with van der Waals surface area (Å²) in [5.41, 5.74) is 1.16. The molecule has 0 heteroatoms. The highest BCUT2D eigenvalue weighted by Gasteiger charge is 1.82. The van der Waals surface area contributed by atoms with Gasteiger partial charge in [-0.05, 0) is 19.8 Å². The van der Waals surface area contributed by atoms with Crippen molar-refractivity contribution in [2.45, 2.75) is 20.8 Å². The first-order valence-electron chi connectivity index (χ1n) is 2.63. The lowest BCUT2D eigenvalue weighted by molar-refractivity contribution is 0.825. The Bertz CT molecular complexity index is 64.1. The van der Waals surface area contributed by atoms with Gasteiger partial charge >= 0.3 is 0 Å². The molecule has 0 bridgehead atoms. The van der Waals surface area contributed by atoms with E-state index in [-0.39, 0.29) is 0 Å². The number of allylic oxidation sites excluding steroid dienone is 2. The van der Waals surface area contributed by atoms with E-state index in [9.17, 15) is 0 Å². The van der Waals surface area contributed by atoms with E-state index in [0.717, 1.165) is 5.57 Å². The van der Waals surface area contributed by atoms with Crippen LogP contribution in [0.25, 0.3) is 0 Å². The monoisotopic (exact) mass is 97.1 g/mol. The van der Waals surface area contributed by atoms with Crippen LogP contribution in [0.3, 0.4) is 0 Å². The Morgan fingerprint density at radius 3 is 2.00 bits per heavy atom. The minimum absolute atomic E-state index is 0.650. The topological polar surface area (TPSA) is 0 Å². The number of hydrogen-bond donors (Lipinski definition) is 0. The molecule has 0 saturated heterocycles. The molecule has 0 spiro atoms. The van der Waals surface area contributed by atoms with Gasteiger partial charge in [0.15, 0.2) is 0 Å². The standard InChI is InChI=1S/C7H13/c1-6(2)5-7(3)4/h5,7H,1H2,2-4H3/b6-5-. The Morgan fingerprint density at radius 2 is 2.00 bits per heavy atom. The zero-order valence-corrected chi connectivity index (χ0v) is 5.36. The molecule has 7 heavy (non-hydrogen) atoms.